The van der Waals surface area contributed by atoms with Crippen LogP contribution in [-0.2, 0) is 30.5 Å². The van der Waals surface area contributed by atoms with E-state index in [-0.39, 0.29) is 17.3 Å². The first-order chi connectivity index (χ1) is 9.31. The maximum atomic E-state index is 12.2. The van der Waals surface area contributed by atoms with Crippen LogP contribution in [0.4, 0.5) is 5.82 Å². The molecule has 0 aliphatic carbocycles. The number of hydrogen-bond donors (Lipinski definition) is 2. The van der Waals surface area contributed by atoms with Gasteiger partial charge in [-0.3, -0.25) is 9.36 Å². The van der Waals surface area contributed by atoms with Crippen LogP contribution in [0.25, 0.3) is 0 Å². The van der Waals surface area contributed by atoms with Gasteiger partial charge in [-0.05, 0) is 18.9 Å². The Hall–Kier alpha value is -1.87. The van der Waals surface area contributed by atoms with Gasteiger partial charge in [0.15, 0.2) is 5.82 Å². The fraction of sp³-hybridized carbons (Fsp3) is 0.455. The first kappa shape index (κ1) is 14.5. The Morgan fingerprint density at radius 3 is 2.60 bits per heavy atom. The second-order valence-corrected chi connectivity index (χ2v) is 6.30. The van der Waals surface area contributed by atoms with Crippen molar-refractivity contribution in [2.45, 2.75) is 18.2 Å². The van der Waals surface area contributed by atoms with Crippen molar-refractivity contribution in [3.8, 4) is 0 Å². The molecule has 20 heavy (non-hydrogen) atoms. The van der Waals surface area contributed by atoms with Crippen LogP contribution < -0.4 is 10.5 Å². The fourth-order valence-corrected chi connectivity index (χ4v) is 3.30. The average Bonchev–Trinajstić information content (AvgIpc) is 2.84. The summed E-state index contributed by atoms with van der Waals surface area (Å²) >= 11 is 0. The molecule has 9 heteroatoms. The molecule has 0 amide bonds. The molecule has 2 heterocycles. The van der Waals surface area contributed by atoms with Crippen molar-refractivity contribution in [3.05, 3.63) is 23.7 Å². The van der Waals surface area contributed by atoms with Gasteiger partial charge in [0.05, 0.1) is 11.9 Å². The quantitative estimate of drug-likeness (QED) is 0.778. The Morgan fingerprint density at radius 2 is 2.10 bits per heavy atom. The lowest BCUT2D eigenvalue weighted by Gasteiger charge is -2.06. The Labute approximate surface area is 117 Å². The van der Waals surface area contributed by atoms with Crippen LogP contribution in [0, 0.1) is 6.92 Å². The number of aromatic nitrogens is 4. The fourth-order valence-electron chi connectivity index (χ4n) is 1.95. The molecule has 0 unspecified atom stereocenters. The normalized spacial score (nSPS) is 11.9. The molecule has 0 aliphatic rings. The molecule has 0 radical (unpaired) electrons. The predicted molar refractivity (Wildman–Crippen MR) is 74.5 cm³/mol. The van der Waals surface area contributed by atoms with Crippen LogP contribution in [0.2, 0.25) is 0 Å². The lowest BCUT2D eigenvalue weighted by molar-refractivity contribution is 0.581. The number of hydrogen-bond acceptors (Lipinski definition) is 5. The van der Waals surface area contributed by atoms with Crippen LogP contribution in [0.15, 0.2) is 17.3 Å². The molecule has 0 aliphatic heterocycles. The highest BCUT2D eigenvalue weighted by atomic mass is 32.2. The van der Waals surface area contributed by atoms with Crippen molar-refractivity contribution >= 4 is 15.8 Å². The summed E-state index contributed by atoms with van der Waals surface area (Å²) in [6.07, 6.45) is 4.11. The molecule has 0 spiro atoms. The number of aryl methyl sites for hydroxylation is 2. The Morgan fingerprint density at radius 1 is 1.40 bits per heavy atom. The third-order valence-electron chi connectivity index (χ3n) is 3.04. The van der Waals surface area contributed by atoms with Crippen LogP contribution in [-0.4, -0.2) is 34.5 Å². The van der Waals surface area contributed by atoms with E-state index in [4.69, 9.17) is 5.73 Å². The first-order valence-corrected chi connectivity index (χ1v) is 7.56. The molecule has 0 aromatic carbocycles. The molecular weight excluding hydrogens is 280 g/mol. The third kappa shape index (κ3) is 2.83. The van der Waals surface area contributed by atoms with E-state index < -0.39 is 10.0 Å². The zero-order valence-electron chi connectivity index (χ0n) is 11.7. The molecule has 8 nitrogen and oxygen atoms in total. The summed E-state index contributed by atoms with van der Waals surface area (Å²) in [4.78, 5) is 0.0474. The van der Waals surface area contributed by atoms with E-state index in [1.807, 2.05) is 13.2 Å². The smallest absolute Gasteiger partial charge is 0.246 e. The van der Waals surface area contributed by atoms with Crippen molar-refractivity contribution in [1.82, 2.24) is 24.3 Å². The third-order valence-corrected chi connectivity index (χ3v) is 4.66. The van der Waals surface area contributed by atoms with E-state index in [9.17, 15) is 8.42 Å². The molecule has 0 fully saturated rings. The SMILES string of the molecule is Cc1c(S(=O)(=O)NCCc2cnn(C)c2)c(N)nn1C. The molecule has 0 saturated carbocycles. The summed E-state index contributed by atoms with van der Waals surface area (Å²) in [5, 5.41) is 7.94. The van der Waals surface area contributed by atoms with Crippen LogP contribution in [0.5, 0.6) is 0 Å². The minimum Gasteiger partial charge on any atom is -0.381 e. The van der Waals surface area contributed by atoms with Gasteiger partial charge in [0, 0.05) is 26.8 Å². The number of nitrogens with one attached hydrogen (secondary N) is 1. The number of anilines is 1. The topological polar surface area (TPSA) is 108 Å². The number of nitrogens with two attached hydrogens (primary N) is 1. The Balaban J connectivity index is 2.08. The summed E-state index contributed by atoms with van der Waals surface area (Å²) in [6.45, 7) is 1.95. The summed E-state index contributed by atoms with van der Waals surface area (Å²) in [7, 11) is -0.184. The van der Waals surface area contributed by atoms with Gasteiger partial charge in [0.1, 0.15) is 4.90 Å². The summed E-state index contributed by atoms with van der Waals surface area (Å²) in [5.74, 6) is 0.0128. The van der Waals surface area contributed by atoms with Crippen LogP contribution >= 0.6 is 0 Å². The number of rotatable bonds is 5. The number of nitrogens with zero attached hydrogens (tertiary/aromatic N) is 4. The monoisotopic (exact) mass is 298 g/mol. The zero-order chi connectivity index (χ0) is 14.9. The van der Waals surface area contributed by atoms with E-state index in [0.717, 1.165) is 5.56 Å². The summed E-state index contributed by atoms with van der Waals surface area (Å²) in [6, 6.07) is 0. The highest BCUT2D eigenvalue weighted by Crippen LogP contribution is 2.20. The first-order valence-electron chi connectivity index (χ1n) is 6.07. The maximum Gasteiger partial charge on any atom is 0.246 e. The van der Waals surface area contributed by atoms with Crippen molar-refractivity contribution in [1.29, 1.82) is 0 Å². The minimum atomic E-state index is -3.65. The van der Waals surface area contributed by atoms with Gasteiger partial charge in [-0.1, -0.05) is 0 Å². The molecule has 0 bridgehead atoms. The van der Waals surface area contributed by atoms with Gasteiger partial charge in [-0.15, -0.1) is 0 Å². The van der Waals surface area contributed by atoms with E-state index in [2.05, 4.69) is 14.9 Å². The molecule has 2 rings (SSSR count). The highest BCUT2D eigenvalue weighted by Gasteiger charge is 2.24. The lowest BCUT2D eigenvalue weighted by Crippen LogP contribution is -2.27. The van der Waals surface area contributed by atoms with E-state index in [1.165, 1.54) is 4.68 Å². The van der Waals surface area contributed by atoms with Gasteiger partial charge in [0.25, 0.3) is 0 Å². The summed E-state index contributed by atoms with van der Waals surface area (Å²) in [5.41, 5.74) is 7.12. The van der Waals surface area contributed by atoms with E-state index in [1.54, 1.807) is 24.9 Å². The van der Waals surface area contributed by atoms with Crippen molar-refractivity contribution in [2.24, 2.45) is 14.1 Å². The van der Waals surface area contributed by atoms with Crippen LogP contribution in [0.1, 0.15) is 11.3 Å². The zero-order valence-corrected chi connectivity index (χ0v) is 12.5. The van der Waals surface area contributed by atoms with Gasteiger partial charge in [0.2, 0.25) is 10.0 Å². The largest absolute Gasteiger partial charge is 0.381 e. The predicted octanol–water partition coefficient (Wildman–Crippen LogP) is -0.435. The molecule has 110 valence electrons. The molecule has 3 N–H and O–H groups in total. The van der Waals surface area contributed by atoms with E-state index in [0.29, 0.717) is 12.1 Å². The second kappa shape index (κ2) is 5.25. The van der Waals surface area contributed by atoms with E-state index >= 15 is 0 Å². The number of sulfonamides is 1. The standard InChI is InChI=1S/C11H18N6O2S/c1-8-10(11(12)15-17(8)3)20(18,19)14-5-4-9-6-13-16(2)7-9/h6-7,14H,4-5H2,1-3H3,(H2,12,15). The molecule has 2 aromatic rings. The van der Waals surface area contributed by atoms with Crippen molar-refractivity contribution in [2.75, 3.05) is 12.3 Å². The second-order valence-electron chi connectivity index (χ2n) is 4.59. The van der Waals surface area contributed by atoms with Crippen LogP contribution in [0.3, 0.4) is 0 Å². The van der Waals surface area contributed by atoms with Gasteiger partial charge >= 0.3 is 0 Å². The summed E-state index contributed by atoms with van der Waals surface area (Å²) < 4.78 is 30.1. The highest BCUT2D eigenvalue weighted by molar-refractivity contribution is 7.89. The lowest BCUT2D eigenvalue weighted by atomic mass is 10.3. The molecule has 2 aromatic heterocycles. The molecular formula is C11H18N6O2S. The number of nitrogen functional groups attached to an aromatic ring is 1. The van der Waals surface area contributed by atoms with Crippen molar-refractivity contribution < 1.29 is 8.42 Å². The maximum absolute atomic E-state index is 12.2. The Kier molecular flexibility index (Phi) is 3.82. The van der Waals surface area contributed by atoms with Gasteiger partial charge < -0.3 is 5.73 Å². The van der Waals surface area contributed by atoms with Gasteiger partial charge in [-0.25, -0.2) is 13.1 Å². The Bertz CT molecular complexity index is 715. The molecule has 0 atom stereocenters. The average molecular weight is 298 g/mol. The minimum absolute atomic E-state index is 0.0128. The van der Waals surface area contributed by atoms with Gasteiger partial charge in [-0.2, -0.15) is 10.2 Å². The molecule has 0 saturated heterocycles. The van der Waals surface area contributed by atoms with Crippen molar-refractivity contribution in [3.63, 3.8) is 0 Å².